The van der Waals surface area contributed by atoms with Crippen molar-refractivity contribution in [3.63, 3.8) is 0 Å². The van der Waals surface area contributed by atoms with E-state index in [2.05, 4.69) is 0 Å². The molecule has 20 heavy (non-hydrogen) atoms. The third kappa shape index (κ3) is 6.18. The Hall–Kier alpha value is 0.640. The molecule has 1 fully saturated rings. The molecule has 5 nitrogen and oxygen atoms in total. The third-order valence-corrected chi connectivity index (χ3v) is 3.43. The summed E-state index contributed by atoms with van der Waals surface area (Å²) >= 11 is 0. The summed E-state index contributed by atoms with van der Waals surface area (Å²) in [7, 11) is 0. The Balaban J connectivity index is 0. The molecule has 0 aromatic rings. The minimum atomic E-state index is -1.16. The first kappa shape index (κ1) is 22.9. The van der Waals surface area contributed by atoms with Gasteiger partial charge in [-0.2, -0.15) is 0 Å². The molecule has 1 saturated carbocycles. The van der Waals surface area contributed by atoms with Crippen LogP contribution in [0, 0.1) is 11.8 Å². The van der Waals surface area contributed by atoms with Crippen LogP contribution < -0.4 is 0 Å². The van der Waals surface area contributed by atoms with Gasteiger partial charge < -0.3 is 15.3 Å². The second-order valence-electron chi connectivity index (χ2n) is 5.10. The van der Waals surface area contributed by atoms with Crippen LogP contribution in [0.5, 0.6) is 0 Å². The van der Waals surface area contributed by atoms with E-state index in [9.17, 15) is 24.9 Å². The Kier molecular flexibility index (Phi) is 11.9. The van der Waals surface area contributed by atoms with Crippen molar-refractivity contribution in [2.75, 3.05) is 0 Å². The van der Waals surface area contributed by atoms with Crippen LogP contribution in [-0.4, -0.2) is 92.5 Å². The fourth-order valence-electron chi connectivity index (χ4n) is 2.55. The predicted molar refractivity (Wildman–Crippen MR) is 79.4 cm³/mol. The standard InChI is InChI=1S/C13H20O5.2Na.2H/c1-7(2)10(12(15)16)11(13(17)18)8-3-5-9(14)6-4-8;;;;/h7-9,14H,3-6H2,1-2H3,(H,15,16)(H,17,18);;;;/b11-10-;;;;/t8-,9-;;;;. The monoisotopic (exact) mass is 304 g/mol. The van der Waals surface area contributed by atoms with Gasteiger partial charge in [0.05, 0.1) is 17.3 Å². The number of carbonyl (C=O) groups is 2. The van der Waals surface area contributed by atoms with Gasteiger partial charge in [0.2, 0.25) is 0 Å². The Morgan fingerprint density at radius 1 is 0.950 bits per heavy atom. The van der Waals surface area contributed by atoms with E-state index in [-0.39, 0.29) is 88.2 Å². The molecule has 1 aliphatic rings. The molecule has 0 bridgehead atoms. The fourth-order valence-corrected chi connectivity index (χ4v) is 2.55. The molecular formula is C13H22Na2O5. The van der Waals surface area contributed by atoms with Crippen LogP contribution in [-0.2, 0) is 9.59 Å². The van der Waals surface area contributed by atoms with Gasteiger partial charge in [0.25, 0.3) is 0 Å². The molecule has 0 aromatic carbocycles. The molecule has 1 aliphatic carbocycles. The van der Waals surface area contributed by atoms with Gasteiger partial charge in [-0.05, 0) is 37.5 Å². The Morgan fingerprint density at radius 2 is 1.40 bits per heavy atom. The van der Waals surface area contributed by atoms with Crippen LogP contribution in [0.3, 0.4) is 0 Å². The number of carboxylic acids is 2. The van der Waals surface area contributed by atoms with Crippen LogP contribution in [0.4, 0.5) is 0 Å². The molecule has 7 heteroatoms. The van der Waals surface area contributed by atoms with E-state index in [0.717, 1.165) is 0 Å². The Morgan fingerprint density at radius 3 is 1.70 bits per heavy atom. The number of hydrogen-bond acceptors (Lipinski definition) is 3. The SMILES string of the molecule is CC(C)/C(C(=O)O)=C(/C(=O)O)[C@H]1CC[C@H](O)CC1.[NaH].[NaH]. The molecular weight excluding hydrogens is 282 g/mol. The van der Waals surface area contributed by atoms with Gasteiger partial charge in [-0.15, -0.1) is 0 Å². The van der Waals surface area contributed by atoms with E-state index < -0.39 is 11.9 Å². The van der Waals surface area contributed by atoms with Gasteiger partial charge in [0, 0.05) is 0 Å². The van der Waals surface area contributed by atoms with Crippen LogP contribution in [0.25, 0.3) is 0 Å². The van der Waals surface area contributed by atoms with E-state index in [4.69, 9.17) is 0 Å². The van der Waals surface area contributed by atoms with Crippen LogP contribution in [0.2, 0.25) is 0 Å². The first-order valence-electron chi connectivity index (χ1n) is 6.23. The molecule has 3 N–H and O–H groups in total. The zero-order valence-corrected chi connectivity index (χ0v) is 10.7. The van der Waals surface area contributed by atoms with Crippen LogP contribution in [0.15, 0.2) is 11.1 Å². The molecule has 0 aliphatic heterocycles. The topological polar surface area (TPSA) is 94.8 Å². The number of aliphatic carboxylic acids is 2. The summed E-state index contributed by atoms with van der Waals surface area (Å²) in [6, 6.07) is 0. The summed E-state index contributed by atoms with van der Waals surface area (Å²) < 4.78 is 0. The average Bonchev–Trinajstić information content (AvgIpc) is 2.25. The average molecular weight is 304 g/mol. The van der Waals surface area contributed by atoms with E-state index in [0.29, 0.717) is 25.7 Å². The molecule has 0 aromatic heterocycles. The zero-order chi connectivity index (χ0) is 13.9. The second-order valence-corrected chi connectivity index (χ2v) is 5.10. The fraction of sp³-hybridized carbons (Fsp3) is 0.692. The third-order valence-electron chi connectivity index (χ3n) is 3.43. The molecule has 0 radical (unpaired) electrons. The maximum atomic E-state index is 11.3. The summed E-state index contributed by atoms with van der Waals surface area (Å²) in [4.78, 5) is 22.6. The van der Waals surface area contributed by atoms with Gasteiger partial charge in [-0.1, -0.05) is 13.8 Å². The van der Waals surface area contributed by atoms with Crippen LogP contribution in [0.1, 0.15) is 39.5 Å². The number of aliphatic hydroxyl groups excluding tert-OH is 1. The van der Waals surface area contributed by atoms with Crippen molar-refractivity contribution in [1.29, 1.82) is 0 Å². The molecule has 0 atom stereocenters. The number of carboxylic acid groups (broad SMARTS) is 2. The summed E-state index contributed by atoms with van der Waals surface area (Å²) in [5.74, 6) is -2.91. The van der Waals surface area contributed by atoms with Crippen molar-refractivity contribution >= 4 is 71.1 Å². The molecule has 0 heterocycles. The minimum absolute atomic E-state index is 0. The second kappa shape index (κ2) is 10.4. The van der Waals surface area contributed by atoms with Crippen molar-refractivity contribution in [1.82, 2.24) is 0 Å². The quantitative estimate of drug-likeness (QED) is 0.515. The van der Waals surface area contributed by atoms with E-state index in [1.165, 1.54) is 0 Å². The summed E-state index contributed by atoms with van der Waals surface area (Å²) in [6.45, 7) is 3.37. The maximum absolute atomic E-state index is 11.3. The predicted octanol–water partition coefficient (Wildman–Crippen LogP) is 0.362. The normalized spacial score (nSPS) is 23.2. The van der Waals surface area contributed by atoms with Crippen LogP contribution >= 0.6 is 0 Å². The van der Waals surface area contributed by atoms with E-state index in [1.807, 2.05) is 0 Å². The van der Waals surface area contributed by atoms with Gasteiger partial charge in [-0.3, -0.25) is 0 Å². The van der Waals surface area contributed by atoms with Crippen molar-refractivity contribution in [2.45, 2.75) is 45.6 Å². The van der Waals surface area contributed by atoms with E-state index in [1.54, 1.807) is 13.8 Å². The molecule has 1 rings (SSSR count). The van der Waals surface area contributed by atoms with Gasteiger partial charge in [-0.25, -0.2) is 9.59 Å². The first-order valence-corrected chi connectivity index (χ1v) is 6.23. The van der Waals surface area contributed by atoms with Crippen molar-refractivity contribution in [2.24, 2.45) is 11.8 Å². The van der Waals surface area contributed by atoms with Gasteiger partial charge >= 0.3 is 71.1 Å². The molecule has 0 spiro atoms. The Labute approximate surface area is 163 Å². The zero-order valence-electron chi connectivity index (χ0n) is 10.7. The summed E-state index contributed by atoms with van der Waals surface area (Å²) in [6.07, 6.45) is 1.75. The molecule has 0 saturated heterocycles. The van der Waals surface area contributed by atoms with Gasteiger partial charge in [0.1, 0.15) is 0 Å². The first-order chi connectivity index (χ1) is 8.34. The number of aliphatic hydroxyl groups is 1. The van der Waals surface area contributed by atoms with Crippen molar-refractivity contribution in [3.8, 4) is 0 Å². The molecule has 0 unspecified atom stereocenters. The number of hydrogen-bond donors (Lipinski definition) is 3. The number of rotatable bonds is 4. The van der Waals surface area contributed by atoms with Crippen molar-refractivity contribution in [3.05, 3.63) is 11.1 Å². The molecule has 106 valence electrons. The van der Waals surface area contributed by atoms with E-state index >= 15 is 0 Å². The summed E-state index contributed by atoms with van der Waals surface area (Å²) in [5, 5.41) is 27.9. The van der Waals surface area contributed by atoms with Crippen molar-refractivity contribution < 1.29 is 24.9 Å². The Bertz CT molecular complexity index is 371. The summed E-state index contributed by atoms with van der Waals surface area (Å²) in [5.41, 5.74) is 0.00768. The van der Waals surface area contributed by atoms with Gasteiger partial charge in [0.15, 0.2) is 0 Å². The molecule has 0 amide bonds.